The molecule has 0 atom stereocenters. The second kappa shape index (κ2) is 5.06. The lowest BCUT2D eigenvalue weighted by molar-refractivity contribution is -0.112. The van der Waals surface area contributed by atoms with E-state index < -0.39 is 0 Å². The number of halogens is 1. The zero-order valence-electron chi connectivity index (χ0n) is 6.50. The Morgan fingerprint density at radius 2 is 2.17 bits per heavy atom. The average Bonchev–Trinajstić information content (AvgIpc) is 2.09. The van der Waals surface area contributed by atoms with Crippen molar-refractivity contribution in [3.63, 3.8) is 0 Å². The number of aldehydes is 1. The largest absolute Gasteiger partial charge is 0.369 e. The molecule has 0 unspecified atom stereocenters. The third kappa shape index (κ3) is 2.75. The Bertz CT molecular complexity index is 260. The van der Waals surface area contributed by atoms with Gasteiger partial charge in [0, 0.05) is 4.47 Å². The molecule has 0 aliphatic rings. The highest BCUT2D eigenvalue weighted by Gasteiger charge is 1.96. The molecule has 64 valence electrons. The van der Waals surface area contributed by atoms with Gasteiger partial charge in [-0.2, -0.15) is 0 Å². The minimum Gasteiger partial charge on any atom is -0.369 e. The molecule has 0 heterocycles. The van der Waals surface area contributed by atoms with E-state index in [-0.39, 0.29) is 6.61 Å². The molecule has 0 aliphatic carbocycles. The van der Waals surface area contributed by atoms with Crippen LogP contribution in [0.3, 0.4) is 0 Å². The second-order valence-corrected chi connectivity index (χ2v) is 3.13. The zero-order chi connectivity index (χ0) is 8.81. The molecule has 1 rings (SSSR count). The van der Waals surface area contributed by atoms with Crippen molar-refractivity contribution < 1.29 is 9.53 Å². The quantitative estimate of drug-likeness (QED) is 0.584. The van der Waals surface area contributed by atoms with E-state index in [0.717, 1.165) is 16.3 Å². The number of carbonyl (C=O) groups is 1. The van der Waals surface area contributed by atoms with Gasteiger partial charge < -0.3 is 9.53 Å². The highest BCUT2D eigenvalue weighted by atomic mass is 79.9. The van der Waals surface area contributed by atoms with E-state index >= 15 is 0 Å². The van der Waals surface area contributed by atoms with Crippen LogP contribution in [0.2, 0.25) is 0 Å². The maximum Gasteiger partial charge on any atom is 0.145 e. The van der Waals surface area contributed by atoms with Crippen LogP contribution in [0.15, 0.2) is 28.7 Å². The Labute approximate surface area is 79.7 Å². The molecule has 0 amide bonds. The first-order valence-electron chi connectivity index (χ1n) is 3.59. The monoisotopic (exact) mass is 228 g/mol. The fourth-order valence-electron chi connectivity index (χ4n) is 0.832. The number of hydrogen-bond acceptors (Lipinski definition) is 2. The Hall–Kier alpha value is -0.670. The van der Waals surface area contributed by atoms with E-state index in [2.05, 4.69) is 15.9 Å². The smallest absolute Gasteiger partial charge is 0.145 e. The molecule has 0 N–H and O–H groups in total. The molecule has 0 bridgehead atoms. The summed E-state index contributed by atoms with van der Waals surface area (Å²) in [5.74, 6) is 0. The van der Waals surface area contributed by atoms with E-state index in [1.807, 2.05) is 24.3 Å². The lowest BCUT2D eigenvalue weighted by Gasteiger charge is -2.02. The van der Waals surface area contributed by atoms with Crippen molar-refractivity contribution in [1.29, 1.82) is 0 Å². The average molecular weight is 229 g/mol. The van der Waals surface area contributed by atoms with Crippen molar-refractivity contribution in [2.24, 2.45) is 0 Å². The van der Waals surface area contributed by atoms with Gasteiger partial charge in [0.2, 0.25) is 0 Å². The first-order chi connectivity index (χ1) is 5.84. The van der Waals surface area contributed by atoms with Crippen LogP contribution in [0, 0.1) is 0 Å². The topological polar surface area (TPSA) is 26.3 Å². The van der Waals surface area contributed by atoms with Crippen molar-refractivity contribution in [1.82, 2.24) is 0 Å². The molecule has 3 heteroatoms. The van der Waals surface area contributed by atoms with E-state index in [9.17, 15) is 4.79 Å². The van der Waals surface area contributed by atoms with Gasteiger partial charge in [-0.15, -0.1) is 0 Å². The van der Waals surface area contributed by atoms with Crippen LogP contribution in [-0.2, 0) is 16.1 Å². The standard InChI is InChI=1S/C9H9BrO2/c10-9-4-2-1-3-8(9)7-12-6-5-11/h1-5H,6-7H2. The van der Waals surface area contributed by atoms with Crippen LogP contribution < -0.4 is 0 Å². The van der Waals surface area contributed by atoms with Gasteiger partial charge in [-0.3, -0.25) is 0 Å². The second-order valence-electron chi connectivity index (χ2n) is 2.27. The molecule has 12 heavy (non-hydrogen) atoms. The van der Waals surface area contributed by atoms with E-state index in [4.69, 9.17) is 4.74 Å². The summed E-state index contributed by atoms with van der Waals surface area (Å²) >= 11 is 3.38. The van der Waals surface area contributed by atoms with E-state index in [0.29, 0.717) is 6.61 Å². The summed E-state index contributed by atoms with van der Waals surface area (Å²) in [7, 11) is 0. The van der Waals surface area contributed by atoms with Gasteiger partial charge in [0.1, 0.15) is 12.9 Å². The van der Waals surface area contributed by atoms with E-state index in [1.54, 1.807) is 0 Å². The summed E-state index contributed by atoms with van der Waals surface area (Å²) in [5, 5.41) is 0. The molecule has 1 aromatic rings. The van der Waals surface area contributed by atoms with Gasteiger partial charge in [0.05, 0.1) is 6.61 Å². The molecule has 0 aliphatic heterocycles. The van der Waals surface area contributed by atoms with Crippen molar-refractivity contribution in [3.8, 4) is 0 Å². The normalized spacial score (nSPS) is 9.75. The highest BCUT2D eigenvalue weighted by Crippen LogP contribution is 2.16. The number of ether oxygens (including phenoxy) is 1. The first kappa shape index (κ1) is 9.42. The van der Waals surface area contributed by atoms with Crippen molar-refractivity contribution in [2.45, 2.75) is 6.61 Å². The van der Waals surface area contributed by atoms with Gasteiger partial charge in [-0.05, 0) is 11.6 Å². The predicted molar refractivity (Wildman–Crippen MR) is 49.9 cm³/mol. The molecule has 1 aromatic carbocycles. The lowest BCUT2D eigenvalue weighted by Crippen LogP contribution is -1.96. The lowest BCUT2D eigenvalue weighted by atomic mass is 10.2. The maximum absolute atomic E-state index is 9.94. The third-order valence-corrected chi connectivity index (χ3v) is 2.17. The van der Waals surface area contributed by atoms with Crippen molar-refractivity contribution >= 4 is 22.2 Å². The molecule has 0 spiro atoms. The van der Waals surface area contributed by atoms with Crippen LogP contribution in [0.4, 0.5) is 0 Å². The summed E-state index contributed by atoms with van der Waals surface area (Å²) in [6.07, 6.45) is 0.747. The molecule has 0 aromatic heterocycles. The Balaban J connectivity index is 2.51. The van der Waals surface area contributed by atoms with Crippen LogP contribution in [-0.4, -0.2) is 12.9 Å². The Morgan fingerprint density at radius 3 is 2.83 bits per heavy atom. The molecule has 0 radical (unpaired) electrons. The third-order valence-electron chi connectivity index (χ3n) is 1.40. The highest BCUT2D eigenvalue weighted by molar-refractivity contribution is 9.10. The van der Waals surface area contributed by atoms with Gasteiger partial charge in [-0.1, -0.05) is 34.1 Å². The first-order valence-corrected chi connectivity index (χ1v) is 4.38. The summed E-state index contributed by atoms with van der Waals surface area (Å²) in [6.45, 7) is 0.626. The van der Waals surface area contributed by atoms with Gasteiger partial charge in [0.15, 0.2) is 0 Å². The minimum absolute atomic E-state index is 0.154. The molecule has 0 saturated carbocycles. The summed E-state index contributed by atoms with van der Waals surface area (Å²) in [4.78, 5) is 9.94. The number of carbonyl (C=O) groups excluding carboxylic acids is 1. The van der Waals surface area contributed by atoms with Crippen LogP contribution in [0.5, 0.6) is 0 Å². The van der Waals surface area contributed by atoms with Crippen molar-refractivity contribution in [3.05, 3.63) is 34.3 Å². The summed E-state index contributed by atoms with van der Waals surface area (Å²) < 4.78 is 6.06. The number of benzene rings is 1. The zero-order valence-corrected chi connectivity index (χ0v) is 8.08. The Kier molecular flexibility index (Phi) is 3.97. The molecular formula is C9H9BrO2. The van der Waals surface area contributed by atoms with Gasteiger partial charge in [0.25, 0.3) is 0 Å². The summed E-state index contributed by atoms with van der Waals surface area (Å²) in [6, 6.07) is 7.77. The summed E-state index contributed by atoms with van der Waals surface area (Å²) in [5.41, 5.74) is 1.05. The van der Waals surface area contributed by atoms with Crippen LogP contribution in [0.25, 0.3) is 0 Å². The molecule has 0 fully saturated rings. The molecule has 0 saturated heterocycles. The van der Waals surface area contributed by atoms with E-state index in [1.165, 1.54) is 0 Å². The fourth-order valence-corrected chi connectivity index (χ4v) is 1.23. The number of rotatable bonds is 4. The Morgan fingerprint density at radius 1 is 1.42 bits per heavy atom. The predicted octanol–water partition coefficient (Wildman–Crippen LogP) is 2.16. The fraction of sp³-hybridized carbons (Fsp3) is 0.222. The maximum atomic E-state index is 9.94. The van der Waals surface area contributed by atoms with Crippen LogP contribution >= 0.6 is 15.9 Å². The van der Waals surface area contributed by atoms with Gasteiger partial charge >= 0.3 is 0 Å². The van der Waals surface area contributed by atoms with Crippen molar-refractivity contribution in [2.75, 3.05) is 6.61 Å². The molecular weight excluding hydrogens is 220 g/mol. The minimum atomic E-state index is 0.154. The molecule has 2 nitrogen and oxygen atoms in total. The number of hydrogen-bond donors (Lipinski definition) is 0. The SMILES string of the molecule is O=CCOCc1ccccc1Br. The van der Waals surface area contributed by atoms with Crippen LogP contribution in [0.1, 0.15) is 5.56 Å². The van der Waals surface area contributed by atoms with Gasteiger partial charge in [-0.25, -0.2) is 0 Å².